The minimum absolute atomic E-state index is 0.664. The summed E-state index contributed by atoms with van der Waals surface area (Å²) in [6, 6.07) is 18.4. The predicted molar refractivity (Wildman–Crippen MR) is 116 cm³/mol. The van der Waals surface area contributed by atoms with Gasteiger partial charge < -0.3 is 15.4 Å². The van der Waals surface area contributed by atoms with E-state index in [2.05, 4.69) is 32.7 Å². The van der Waals surface area contributed by atoms with Gasteiger partial charge in [0, 0.05) is 18.4 Å². The van der Waals surface area contributed by atoms with Crippen LogP contribution in [-0.4, -0.2) is 43.6 Å². The number of anilines is 1. The van der Waals surface area contributed by atoms with E-state index in [-0.39, 0.29) is 0 Å². The number of rotatable bonds is 6. The van der Waals surface area contributed by atoms with Gasteiger partial charge in [-0.3, -0.25) is 4.90 Å². The fraction of sp³-hybridized carbons (Fsp3) is 0.348. The van der Waals surface area contributed by atoms with Crippen LogP contribution in [0.5, 0.6) is 5.75 Å². The number of ether oxygens (including phenoxy) is 1. The first kappa shape index (κ1) is 18.6. The van der Waals surface area contributed by atoms with E-state index in [1.807, 2.05) is 48.7 Å². The number of likely N-dealkylation sites (tertiary alicyclic amines) is 1. The summed E-state index contributed by atoms with van der Waals surface area (Å²) in [5.74, 6) is 1.67. The molecule has 0 bridgehead atoms. The third-order valence-electron chi connectivity index (χ3n) is 5.18. The molecule has 2 aromatic rings. The van der Waals surface area contributed by atoms with Gasteiger partial charge in [0.15, 0.2) is 5.96 Å². The standard InChI is InChI=1S/C23H28N4O/c1-3-7-19(8-4-1)20-17-24-23(25-18-20)26-21-9-11-22(12-10-21)28-16-15-27-13-5-2-6-14-27/h1,3-4,7-12,17H,2,5-6,13-16,18H2,(H2,24,25,26). The lowest BCUT2D eigenvalue weighted by Gasteiger charge is -2.26. The van der Waals surface area contributed by atoms with Gasteiger partial charge in [-0.25, -0.2) is 4.99 Å². The summed E-state index contributed by atoms with van der Waals surface area (Å²) in [4.78, 5) is 7.09. The monoisotopic (exact) mass is 376 g/mol. The first-order valence-electron chi connectivity index (χ1n) is 10.1. The highest BCUT2D eigenvalue weighted by Gasteiger charge is 2.10. The third kappa shape index (κ3) is 5.14. The average molecular weight is 377 g/mol. The third-order valence-corrected chi connectivity index (χ3v) is 5.18. The Bertz CT molecular complexity index is 808. The Balaban J connectivity index is 1.23. The van der Waals surface area contributed by atoms with Crippen molar-refractivity contribution in [1.29, 1.82) is 0 Å². The zero-order valence-corrected chi connectivity index (χ0v) is 16.2. The van der Waals surface area contributed by atoms with Crippen molar-refractivity contribution in [2.45, 2.75) is 19.3 Å². The van der Waals surface area contributed by atoms with Crippen molar-refractivity contribution in [3.63, 3.8) is 0 Å². The lowest BCUT2D eigenvalue weighted by molar-refractivity contribution is 0.183. The van der Waals surface area contributed by atoms with E-state index < -0.39 is 0 Å². The van der Waals surface area contributed by atoms with Gasteiger partial charge in [-0.2, -0.15) is 0 Å². The Morgan fingerprint density at radius 1 is 0.964 bits per heavy atom. The number of piperidine rings is 1. The normalized spacial score (nSPS) is 17.3. The van der Waals surface area contributed by atoms with Crippen molar-refractivity contribution in [2.75, 3.05) is 38.1 Å². The summed E-state index contributed by atoms with van der Waals surface area (Å²) >= 11 is 0. The molecule has 0 amide bonds. The van der Waals surface area contributed by atoms with Crippen LogP contribution in [0.25, 0.3) is 5.57 Å². The zero-order valence-electron chi connectivity index (χ0n) is 16.2. The quantitative estimate of drug-likeness (QED) is 0.801. The topological polar surface area (TPSA) is 48.9 Å². The average Bonchev–Trinajstić information content (AvgIpc) is 2.77. The molecule has 1 saturated heterocycles. The zero-order chi connectivity index (χ0) is 19.0. The molecule has 0 saturated carbocycles. The van der Waals surface area contributed by atoms with Crippen molar-refractivity contribution >= 4 is 17.2 Å². The van der Waals surface area contributed by atoms with Crippen molar-refractivity contribution in [2.24, 2.45) is 4.99 Å². The molecule has 0 unspecified atom stereocenters. The van der Waals surface area contributed by atoms with E-state index in [9.17, 15) is 0 Å². The van der Waals surface area contributed by atoms with E-state index in [1.54, 1.807) is 0 Å². The molecule has 2 aromatic carbocycles. The van der Waals surface area contributed by atoms with Crippen molar-refractivity contribution < 1.29 is 4.74 Å². The van der Waals surface area contributed by atoms with Gasteiger partial charge in [-0.05, 0) is 61.3 Å². The number of aliphatic imine (C=N–C) groups is 1. The molecule has 0 aliphatic carbocycles. The molecule has 1 fully saturated rings. The first-order chi connectivity index (χ1) is 13.9. The van der Waals surface area contributed by atoms with Crippen LogP contribution in [0.3, 0.4) is 0 Å². The van der Waals surface area contributed by atoms with Crippen molar-refractivity contribution in [3.05, 3.63) is 66.4 Å². The summed E-state index contributed by atoms with van der Waals surface area (Å²) in [6.45, 7) is 4.84. The second-order valence-electron chi connectivity index (χ2n) is 7.24. The summed E-state index contributed by atoms with van der Waals surface area (Å²) in [5, 5.41) is 6.56. The Kier molecular flexibility index (Phi) is 6.25. The molecule has 2 aliphatic heterocycles. The van der Waals surface area contributed by atoms with E-state index >= 15 is 0 Å². The van der Waals surface area contributed by atoms with Crippen LogP contribution in [0.15, 0.2) is 65.8 Å². The number of guanidine groups is 1. The van der Waals surface area contributed by atoms with E-state index in [0.717, 1.165) is 30.5 Å². The van der Waals surface area contributed by atoms with Gasteiger partial charge in [-0.1, -0.05) is 36.8 Å². The number of hydrogen-bond acceptors (Lipinski definition) is 5. The van der Waals surface area contributed by atoms with Crippen molar-refractivity contribution in [3.8, 4) is 5.75 Å². The molecule has 2 aliphatic rings. The maximum absolute atomic E-state index is 5.89. The number of nitrogens with zero attached hydrogens (tertiary/aromatic N) is 2. The highest BCUT2D eigenvalue weighted by atomic mass is 16.5. The molecule has 0 atom stereocenters. The molecule has 0 spiro atoms. The van der Waals surface area contributed by atoms with Gasteiger partial charge in [-0.15, -0.1) is 0 Å². The fourth-order valence-corrected chi connectivity index (χ4v) is 3.56. The van der Waals surface area contributed by atoms with Gasteiger partial charge >= 0.3 is 0 Å². The predicted octanol–water partition coefficient (Wildman–Crippen LogP) is 3.96. The second kappa shape index (κ2) is 9.42. The minimum Gasteiger partial charge on any atom is -0.492 e. The molecule has 0 radical (unpaired) electrons. The SMILES string of the molecule is C1=C(c2ccccc2)CN=C(Nc2ccc(OCCN3CCCCC3)cc2)N1. The Hall–Kier alpha value is -2.79. The number of hydrogen-bond donors (Lipinski definition) is 2. The summed E-state index contributed by atoms with van der Waals surface area (Å²) in [6.07, 6.45) is 6.03. The maximum atomic E-state index is 5.89. The fourth-order valence-electron chi connectivity index (χ4n) is 3.56. The minimum atomic E-state index is 0.664. The van der Waals surface area contributed by atoms with E-state index in [0.29, 0.717) is 6.54 Å². The van der Waals surface area contributed by atoms with Crippen LogP contribution in [0.2, 0.25) is 0 Å². The molecule has 146 valence electrons. The van der Waals surface area contributed by atoms with Crippen LogP contribution < -0.4 is 15.4 Å². The van der Waals surface area contributed by atoms with Crippen LogP contribution in [-0.2, 0) is 0 Å². The van der Waals surface area contributed by atoms with E-state index in [1.165, 1.54) is 43.5 Å². The lowest BCUT2D eigenvalue weighted by atomic mass is 10.1. The van der Waals surface area contributed by atoms with Gasteiger partial charge in [0.1, 0.15) is 12.4 Å². The molecule has 4 rings (SSSR count). The highest BCUT2D eigenvalue weighted by Crippen LogP contribution is 2.18. The number of benzene rings is 2. The molecule has 2 N–H and O–H groups in total. The molecular formula is C23H28N4O. The molecule has 5 heteroatoms. The summed E-state index contributed by atoms with van der Waals surface area (Å²) in [5.41, 5.74) is 3.37. The van der Waals surface area contributed by atoms with Crippen LogP contribution >= 0.6 is 0 Å². The van der Waals surface area contributed by atoms with Gasteiger partial charge in [0.25, 0.3) is 0 Å². The molecule has 28 heavy (non-hydrogen) atoms. The maximum Gasteiger partial charge on any atom is 0.200 e. The highest BCUT2D eigenvalue weighted by molar-refractivity contribution is 5.96. The van der Waals surface area contributed by atoms with Gasteiger partial charge in [0.05, 0.1) is 6.54 Å². The lowest BCUT2D eigenvalue weighted by Crippen LogP contribution is -2.33. The van der Waals surface area contributed by atoms with E-state index in [4.69, 9.17) is 4.74 Å². The first-order valence-corrected chi connectivity index (χ1v) is 10.1. The summed E-state index contributed by atoms with van der Waals surface area (Å²) in [7, 11) is 0. The molecular weight excluding hydrogens is 348 g/mol. The Morgan fingerprint density at radius 3 is 2.46 bits per heavy atom. The van der Waals surface area contributed by atoms with Crippen LogP contribution in [0.4, 0.5) is 5.69 Å². The summed E-state index contributed by atoms with van der Waals surface area (Å²) < 4.78 is 5.89. The van der Waals surface area contributed by atoms with Gasteiger partial charge in [0.2, 0.25) is 0 Å². The smallest absolute Gasteiger partial charge is 0.200 e. The van der Waals surface area contributed by atoms with Crippen LogP contribution in [0, 0.1) is 0 Å². The molecule has 2 heterocycles. The number of nitrogens with one attached hydrogen (secondary N) is 2. The second-order valence-corrected chi connectivity index (χ2v) is 7.24. The van der Waals surface area contributed by atoms with Crippen LogP contribution in [0.1, 0.15) is 24.8 Å². The molecule has 0 aromatic heterocycles. The Labute approximate surface area is 167 Å². The largest absolute Gasteiger partial charge is 0.492 e. The van der Waals surface area contributed by atoms with Crippen molar-refractivity contribution in [1.82, 2.24) is 10.2 Å². The molecule has 5 nitrogen and oxygen atoms in total. The Morgan fingerprint density at radius 2 is 1.75 bits per heavy atom.